The molecule has 0 bridgehead atoms. The van der Waals surface area contributed by atoms with Crippen LogP contribution in [0.1, 0.15) is 17.4 Å². The van der Waals surface area contributed by atoms with E-state index in [2.05, 4.69) is 15.4 Å². The molecule has 0 saturated carbocycles. The molecule has 1 fully saturated rings. The van der Waals surface area contributed by atoms with E-state index >= 15 is 0 Å². The lowest BCUT2D eigenvalue weighted by atomic mass is 10.1. The summed E-state index contributed by atoms with van der Waals surface area (Å²) in [5.41, 5.74) is 1.86. The molecule has 4 heterocycles. The van der Waals surface area contributed by atoms with Gasteiger partial charge >= 0.3 is 17.8 Å². The molecule has 12 nitrogen and oxygen atoms in total. The second-order valence-electron chi connectivity index (χ2n) is 8.14. The first kappa shape index (κ1) is 23.3. The van der Waals surface area contributed by atoms with Crippen LogP contribution in [0.4, 0.5) is 0 Å². The van der Waals surface area contributed by atoms with Crippen LogP contribution >= 0.6 is 0 Å². The number of benzene rings is 1. The number of aromatic nitrogens is 3. The summed E-state index contributed by atoms with van der Waals surface area (Å²) in [7, 11) is 3.09. The molecule has 5 rings (SSSR count). The average molecular weight is 493 g/mol. The predicted molar refractivity (Wildman–Crippen MR) is 124 cm³/mol. The van der Waals surface area contributed by atoms with E-state index in [0.29, 0.717) is 29.4 Å². The van der Waals surface area contributed by atoms with Gasteiger partial charge in [0.25, 0.3) is 5.91 Å². The molecular formula is C24H23N5O7. The standard InChI is InChI=1S/C24H23N5O7/c1-14-24(35-21(30)6-7-22(31)36-24)28(11-10-25-14)23(32)16-13-20-26-9-8-17(29(20)27-16)15-4-5-18(33-2)19(12-15)34-3/h4-9,12-14,25H,10-11H2,1-3H3/t14-/m0/s1. The Hall–Kier alpha value is -4.45. The van der Waals surface area contributed by atoms with Crippen LogP contribution in [0.3, 0.4) is 0 Å². The maximum absolute atomic E-state index is 13.7. The Balaban J connectivity index is 1.56. The second kappa shape index (κ2) is 8.96. The van der Waals surface area contributed by atoms with Crippen LogP contribution in [0, 0.1) is 0 Å². The fraction of sp³-hybridized carbons (Fsp3) is 0.292. The van der Waals surface area contributed by atoms with Gasteiger partial charge in [-0.3, -0.25) is 9.69 Å². The average Bonchev–Trinajstić information content (AvgIpc) is 3.26. The summed E-state index contributed by atoms with van der Waals surface area (Å²) >= 11 is 0. The van der Waals surface area contributed by atoms with E-state index in [1.807, 2.05) is 6.07 Å². The highest BCUT2D eigenvalue weighted by Gasteiger charge is 2.55. The Morgan fingerprint density at radius 3 is 2.50 bits per heavy atom. The molecule has 0 radical (unpaired) electrons. The van der Waals surface area contributed by atoms with Crippen LogP contribution in [-0.4, -0.2) is 76.6 Å². The monoisotopic (exact) mass is 493 g/mol. The van der Waals surface area contributed by atoms with Crippen molar-refractivity contribution in [1.29, 1.82) is 0 Å². The Kier molecular flexibility index (Phi) is 5.80. The summed E-state index contributed by atoms with van der Waals surface area (Å²) in [6.45, 7) is 2.15. The van der Waals surface area contributed by atoms with Crippen molar-refractivity contribution in [3.8, 4) is 22.8 Å². The van der Waals surface area contributed by atoms with Crippen LogP contribution in [0.25, 0.3) is 16.9 Å². The predicted octanol–water partition coefficient (Wildman–Crippen LogP) is 1.16. The number of carbonyl (C=O) groups is 3. The van der Waals surface area contributed by atoms with E-state index in [1.54, 1.807) is 45.5 Å². The Morgan fingerprint density at radius 1 is 1.08 bits per heavy atom. The van der Waals surface area contributed by atoms with Crippen molar-refractivity contribution in [2.45, 2.75) is 18.9 Å². The number of methoxy groups -OCH3 is 2. The minimum atomic E-state index is -1.97. The van der Waals surface area contributed by atoms with Crippen LogP contribution in [-0.2, 0) is 19.1 Å². The molecular weight excluding hydrogens is 470 g/mol. The molecule has 12 heteroatoms. The molecule has 1 atom stereocenters. The highest BCUT2D eigenvalue weighted by molar-refractivity contribution is 5.96. The molecule has 1 amide bonds. The maximum atomic E-state index is 13.7. The minimum absolute atomic E-state index is 0.0354. The van der Waals surface area contributed by atoms with Crippen molar-refractivity contribution >= 4 is 23.5 Å². The molecule has 0 aliphatic carbocycles. The number of ether oxygens (including phenoxy) is 4. The number of rotatable bonds is 4. The zero-order valence-corrected chi connectivity index (χ0v) is 19.8. The summed E-state index contributed by atoms with van der Waals surface area (Å²) in [5, 5.41) is 7.59. The summed E-state index contributed by atoms with van der Waals surface area (Å²) < 4.78 is 23.2. The van der Waals surface area contributed by atoms with E-state index in [1.165, 1.54) is 15.5 Å². The molecule has 36 heavy (non-hydrogen) atoms. The van der Waals surface area contributed by atoms with Crippen molar-refractivity contribution in [3.63, 3.8) is 0 Å². The molecule has 1 spiro atoms. The van der Waals surface area contributed by atoms with Gasteiger partial charge in [-0.1, -0.05) is 0 Å². The van der Waals surface area contributed by atoms with E-state index in [9.17, 15) is 14.4 Å². The fourth-order valence-electron chi connectivity index (χ4n) is 4.31. The van der Waals surface area contributed by atoms with Crippen LogP contribution in [0.15, 0.2) is 48.7 Å². The fourth-order valence-corrected chi connectivity index (χ4v) is 4.31. The largest absolute Gasteiger partial charge is 0.493 e. The number of carbonyl (C=O) groups excluding carboxylic acids is 3. The third kappa shape index (κ3) is 3.81. The SMILES string of the molecule is COc1ccc(-c2ccnc3cc(C(=O)N4CCN[C@@H](C)C45OC(=O)C=CC(=O)O5)nn23)cc1OC. The van der Waals surface area contributed by atoms with Gasteiger partial charge in [-0.05, 0) is 31.2 Å². The Morgan fingerprint density at radius 2 is 1.81 bits per heavy atom. The van der Waals surface area contributed by atoms with Crippen LogP contribution < -0.4 is 14.8 Å². The molecule has 1 aromatic carbocycles. The van der Waals surface area contributed by atoms with Crippen molar-refractivity contribution < 1.29 is 33.3 Å². The summed E-state index contributed by atoms with van der Waals surface area (Å²) in [6.07, 6.45) is 3.53. The topological polar surface area (TPSA) is 134 Å². The van der Waals surface area contributed by atoms with Gasteiger partial charge in [-0.2, -0.15) is 5.10 Å². The number of esters is 2. The molecule has 0 unspecified atom stereocenters. The molecule has 186 valence electrons. The van der Waals surface area contributed by atoms with Crippen LogP contribution in [0.2, 0.25) is 0 Å². The second-order valence-corrected chi connectivity index (χ2v) is 8.14. The van der Waals surface area contributed by atoms with E-state index < -0.39 is 29.8 Å². The molecule has 3 aromatic rings. The van der Waals surface area contributed by atoms with Gasteiger partial charge < -0.3 is 24.3 Å². The zero-order valence-electron chi connectivity index (χ0n) is 19.8. The Bertz CT molecular complexity index is 1380. The zero-order chi connectivity index (χ0) is 25.4. The number of hydrogen-bond acceptors (Lipinski definition) is 10. The van der Waals surface area contributed by atoms with Gasteiger partial charge in [0.2, 0.25) is 0 Å². The summed E-state index contributed by atoms with van der Waals surface area (Å²) in [6, 6.07) is 7.98. The summed E-state index contributed by atoms with van der Waals surface area (Å²) in [5.74, 6) is -3.06. The molecule has 2 aliphatic rings. The van der Waals surface area contributed by atoms with Crippen molar-refractivity contribution in [2.24, 2.45) is 0 Å². The highest BCUT2D eigenvalue weighted by atomic mass is 16.8. The van der Waals surface area contributed by atoms with Gasteiger partial charge in [0.15, 0.2) is 22.8 Å². The summed E-state index contributed by atoms with van der Waals surface area (Å²) in [4.78, 5) is 43.7. The first-order valence-corrected chi connectivity index (χ1v) is 11.1. The van der Waals surface area contributed by atoms with Gasteiger partial charge in [-0.25, -0.2) is 19.1 Å². The van der Waals surface area contributed by atoms with Crippen LogP contribution in [0.5, 0.6) is 11.5 Å². The maximum Gasteiger partial charge on any atom is 0.361 e. The number of amides is 1. The lowest BCUT2D eigenvalue weighted by molar-refractivity contribution is -0.287. The first-order chi connectivity index (χ1) is 17.4. The van der Waals surface area contributed by atoms with E-state index in [0.717, 1.165) is 17.7 Å². The Labute approximate surface area is 205 Å². The normalized spacial score (nSPS) is 19.1. The molecule has 2 aliphatic heterocycles. The number of nitrogens with zero attached hydrogens (tertiary/aromatic N) is 4. The van der Waals surface area contributed by atoms with Crippen molar-refractivity contribution in [1.82, 2.24) is 24.8 Å². The van der Waals surface area contributed by atoms with Gasteiger partial charge in [-0.15, -0.1) is 0 Å². The van der Waals surface area contributed by atoms with Crippen molar-refractivity contribution in [3.05, 3.63) is 54.4 Å². The third-order valence-electron chi connectivity index (χ3n) is 6.06. The lowest BCUT2D eigenvalue weighted by Crippen LogP contribution is -2.70. The molecule has 1 saturated heterocycles. The molecule has 2 aromatic heterocycles. The first-order valence-electron chi connectivity index (χ1n) is 11.1. The highest BCUT2D eigenvalue weighted by Crippen LogP contribution is 2.33. The molecule has 1 N–H and O–H groups in total. The van der Waals surface area contributed by atoms with E-state index in [-0.39, 0.29) is 12.2 Å². The number of fused-ring (bicyclic) bond motifs is 1. The smallest absolute Gasteiger partial charge is 0.361 e. The van der Waals surface area contributed by atoms with Gasteiger partial charge in [0.1, 0.15) is 6.04 Å². The minimum Gasteiger partial charge on any atom is -0.493 e. The van der Waals surface area contributed by atoms with Gasteiger partial charge in [0.05, 0.1) is 19.9 Å². The number of nitrogens with one attached hydrogen (secondary N) is 1. The number of piperazine rings is 1. The third-order valence-corrected chi connectivity index (χ3v) is 6.06. The lowest BCUT2D eigenvalue weighted by Gasteiger charge is -2.46. The quantitative estimate of drug-likeness (QED) is 0.528. The van der Waals surface area contributed by atoms with Crippen molar-refractivity contribution in [2.75, 3.05) is 27.3 Å². The number of hydrogen-bond donors (Lipinski definition) is 1. The van der Waals surface area contributed by atoms with E-state index in [4.69, 9.17) is 18.9 Å². The van der Waals surface area contributed by atoms with Gasteiger partial charge in [0, 0.05) is 43.1 Å².